The van der Waals surface area contributed by atoms with E-state index in [1.54, 1.807) is 28.0 Å². The Labute approximate surface area is 194 Å². The highest BCUT2D eigenvalue weighted by molar-refractivity contribution is 6.30. The molecular formula is C24H31ClN4O3. The number of nitrogens with zero attached hydrogens (tertiary/aromatic N) is 4. The zero-order valence-corrected chi connectivity index (χ0v) is 19.8. The van der Waals surface area contributed by atoms with Crippen molar-refractivity contribution < 1.29 is 14.1 Å². The molecule has 8 heteroatoms. The first-order valence-corrected chi connectivity index (χ1v) is 11.3. The maximum absolute atomic E-state index is 13.2. The number of hydrogen-bond acceptors (Lipinski definition) is 5. The number of benzene rings is 1. The molecule has 1 aromatic heterocycles. The molecule has 1 aliphatic rings. The third kappa shape index (κ3) is 6.19. The molecule has 2 heterocycles. The average molecular weight is 459 g/mol. The summed E-state index contributed by atoms with van der Waals surface area (Å²) >= 11 is 6.08. The predicted octanol–water partition coefficient (Wildman–Crippen LogP) is 4.89. The maximum atomic E-state index is 13.2. The molecule has 0 bridgehead atoms. The highest BCUT2D eigenvalue weighted by atomic mass is 35.5. The highest BCUT2D eigenvalue weighted by Gasteiger charge is 2.33. The van der Waals surface area contributed by atoms with Crippen LogP contribution in [0, 0.1) is 5.41 Å². The molecule has 0 saturated carbocycles. The van der Waals surface area contributed by atoms with E-state index in [0.29, 0.717) is 36.2 Å². The number of aromatic nitrogens is 2. The second-order valence-corrected chi connectivity index (χ2v) is 9.80. The molecule has 1 atom stereocenters. The second kappa shape index (κ2) is 10.3. The smallest absolute Gasteiger partial charge is 0.249 e. The topological polar surface area (TPSA) is 79.5 Å². The van der Waals surface area contributed by atoms with Gasteiger partial charge in [-0.15, -0.1) is 6.58 Å². The minimum atomic E-state index is -0.306. The van der Waals surface area contributed by atoms with Crippen LogP contribution < -0.4 is 0 Å². The minimum Gasteiger partial charge on any atom is -0.337 e. The molecular weight excluding hydrogens is 428 g/mol. The Balaban J connectivity index is 1.76. The van der Waals surface area contributed by atoms with Crippen LogP contribution in [-0.4, -0.2) is 51.4 Å². The van der Waals surface area contributed by atoms with Crippen molar-refractivity contribution in [1.29, 1.82) is 0 Å². The number of carbonyl (C=O) groups is 2. The van der Waals surface area contributed by atoms with Crippen molar-refractivity contribution in [1.82, 2.24) is 19.9 Å². The molecule has 1 unspecified atom stereocenters. The fourth-order valence-electron chi connectivity index (χ4n) is 3.83. The number of amides is 2. The lowest BCUT2D eigenvalue weighted by molar-refractivity contribution is -0.143. The zero-order valence-electron chi connectivity index (χ0n) is 19.0. The number of halogens is 1. The third-order valence-electron chi connectivity index (χ3n) is 5.34. The largest absolute Gasteiger partial charge is 0.337 e. The Morgan fingerprint density at radius 3 is 2.81 bits per heavy atom. The fourth-order valence-corrected chi connectivity index (χ4v) is 4.02. The molecule has 0 spiro atoms. The third-order valence-corrected chi connectivity index (χ3v) is 5.58. The quantitative estimate of drug-likeness (QED) is 0.551. The van der Waals surface area contributed by atoms with Crippen molar-refractivity contribution in [3.63, 3.8) is 0 Å². The van der Waals surface area contributed by atoms with Gasteiger partial charge in [0.15, 0.2) is 0 Å². The molecule has 3 rings (SSSR count). The van der Waals surface area contributed by atoms with Crippen molar-refractivity contribution in [3.05, 3.63) is 47.8 Å². The van der Waals surface area contributed by atoms with E-state index in [1.807, 2.05) is 32.9 Å². The molecule has 1 fully saturated rings. The summed E-state index contributed by atoms with van der Waals surface area (Å²) in [7, 11) is 0. The summed E-state index contributed by atoms with van der Waals surface area (Å²) in [5, 5.41) is 4.68. The van der Waals surface area contributed by atoms with Crippen LogP contribution in [0.3, 0.4) is 0 Å². The summed E-state index contributed by atoms with van der Waals surface area (Å²) in [5.74, 6) is 0.667. The number of hydrogen-bond donors (Lipinski definition) is 0. The average Bonchev–Trinajstić information content (AvgIpc) is 3.22. The van der Waals surface area contributed by atoms with Crippen LogP contribution in [0.4, 0.5) is 0 Å². The van der Waals surface area contributed by atoms with Crippen molar-refractivity contribution >= 4 is 23.4 Å². The van der Waals surface area contributed by atoms with Gasteiger partial charge in [0.25, 0.3) is 0 Å². The Kier molecular flexibility index (Phi) is 7.72. The van der Waals surface area contributed by atoms with Gasteiger partial charge in [-0.05, 0) is 36.8 Å². The Hall–Kier alpha value is -2.67. The summed E-state index contributed by atoms with van der Waals surface area (Å²) in [6.07, 6.45) is 4.61. The molecule has 172 valence electrons. The van der Waals surface area contributed by atoms with Crippen LogP contribution in [0.1, 0.15) is 58.4 Å². The van der Waals surface area contributed by atoms with Crippen LogP contribution in [0.15, 0.2) is 41.4 Å². The van der Waals surface area contributed by atoms with Gasteiger partial charge in [-0.25, -0.2) is 0 Å². The fraction of sp³-hybridized carbons (Fsp3) is 0.500. The van der Waals surface area contributed by atoms with Gasteiger partial charge in [0, 0.05) is 30.1 Å². The summed E-state index contributed by atoms with van der Waals surface area (Å²) in [6.45, 7) is 10.7. The first-order chi connectivity index (χ1) is 15.2. The van der Waals surface area contributed by atoms with Crippen LogP contribution in [0.2, 0.25) is 5.02 Å². The van der Waals surface area contributed by atoms with Gasteiger partial charge in [-0.3, -0.25) is 9.59 Å². The van der Waals surface area contributed by atoms with E-state index in [-0.39, 0.29) is 29.8 Å². The molecule has 1 aliphatic heterocycles. The maximum Gasteiger partial charge on any atom is 0.249 e. The van der Waals surface area contributed by atoms with E-state index in [2.05, 4.69) is 16.7 Å². The predicted molar refractivity (Wildman–Crippen MR) is 124 cm³/mol. The van der Waals surface area contributed by atoms with Gasteiger partial charge in [0.05, 0.1) is 0 Å². The van der Waals surface area contributed by atoms with Crippen molar-refractivity contribution in [2.75, 3.05) is 19.6 Å². The van der Waals surface area contributed by atoms with Crippen LogP contribution in [0.5, 0.6) is 0 Å². The number of piperidine rings is 1. The van der Waals surface area contributed by atoms with E-state index in [1.165, 1.54) is 0 Å². The van der Waals surface area contributed by atoms with Crippen LogP contribution in [0.25, 0.3) is 11.4 Å². The standard InChI is InChI=1S/C24H31ClN4O3/c1-5-12-28(20(30)15-24(2,3)4)16-21(31)29-13-7-6-11-19(29)23-26-22(27-32-23)17-9-8-10-18(25)14-17/h5,8-10,14,19H,1,6-7,11-13,15-16H2,2-4H3. The van der Waals surface area contributed by atoms with Gasteiger partial charge < -0.3 is 14.3 Å². The zero-order chi connectivity index (χ0) is 23.3. The van der Waals surface area contributed by atoms with Crippen LogP contribution in [-0.2, 0) is 9.59 Å². The minimum absolute atomic E-state index is 0.00667. The molecule has 7 nitrogen and oxygen atoms in total. The SMILES string of the molecule is C=CCN(CC(=O)N1CCCCC1c1nc(-c2cccc(Cl)c2)no1)C(=O)CC(C)(C)C. The Morgan fingerprint density at radius 1 is 1.34 bits per heavy atom. The molecule has 1 aromatic carbocycles. The van der Waals surface area contributed by atoms with Gasteiger partial charge in [-0.2, -0.15) is 4.98 Å². The molecule has 0 N–H and O–H groups in total. The van der Waals surface area contributed by atoms with Crippen molar-refractivity contribution in [2.24, 2.45) is 5.41 Å². The molecule has 0 radical (unpaired) electrons. The van der Waals surface area contributed by atoms with Gasteiger partial charge in [0.1, 0.15) is 12.6 Å². The Bertz CT molecular complexity index is 966. The highest BCUT2D eigenvalue weighted by Crippen LogP contribution is 2.32. The van der Waals surface area contributed by atoms with Gasteiger partial charge in [0.2, 0.25) is 23.5 Å². The van der Waals surface area contributed by atoms with Crippen LogP contribution >= 0.6 is 11.6 Å². The van der Waals surface area contributed by atoms with Gasteiger partial charge in [-0.1, -0.05) is 55.7 Å². The van der Waals surface area contributed by atoms with E-state index in [0.717, 1.165) is 24.8 Å². The number of carbonyl (C=O) groups excluding carboxylic acids is 2. The number of rotatable bonds is 7. The first-order valence-electron chi connectivity index (χ1n) is 11.0. The molecule has 0 aliphatic carbocycles. The van der Waals surface area contributed by atoms with E-state index >= 15 is 0 Å². The monoisotopic (exact) mass is 458 g/mol. The Morgan fingerprint density at radius 2 is 2.12 bits per heavy atom. The summed E-state index contributed by atoms with van der Waals surface area (Å²) in [6, 6.07) is 6.93. The molecule has 32 heavy (non-hydrogen) atoms. The molecule has 2 amide bonds. The normalized spacial score (nSPS) is 16.6. The second-order valence-electron chi connectivity index (χ2n) is 9.37. The van der Waals surface area contributed by atoms with Crippen molar-refractivity contribution in [3.8, 4) is 11.4 Å². The van der Waals surface area contributed by atoms with Gasteiger partial charge >= 0.3 is 0 Å². The summed E-state index contributed by atoms with van der Waals surface area (Å²) in [5.41, 5.74) is 0.597. The van der Waals surface area contributed by atoms with E-state index in [4.69, 9.17) is 16.1 Å². The summed E-state index contributed by atoms with van der Waals surface area (Å²) < 4.78 is 5.55. The summed E-state index contributed by atoms with van der Waals surface area (Å²) in [4.78, 5) is 33.9. The van der Waals surface area contributed by atoms with Crippen molar-refractivity contribution in [2.45, 2.75) is 52.5 Å². The molecule has 1 saturated heterocycles. The number of likely N-dealkylation sites (tertiary alicyclic amines) is 1. The first kappa shape index (κ1) is 24.0. The lowest BCUT2D eigenvalue weighted by atomic mass is 9.91. The lowest BCUT2D eigenvalue weighted by Crippen LogP contribution is -2.46. The van der Waals surface area contributed by atoms with E-state index in [9.17, 15) is 9.59 Å². The molecule has 2 aromatic rings. The van der Waals surface area contributed by atoms with E-state index < -0.39 is 0 Å². The lowest BCUT2D eigenvalue weighted by Gasteiger charge is -2.35.